The molecule has 162 valence electrons. The summed E-state index contributed by atoms with van der Waals surface area (Å²) in [6, 6.07) is 18.1. The number of carbonyl (C=O) groups excluding carboxylic acids is 1. The second-order valence-electron chi connectivity index (χ2n) is 7.39. The first-order valence-corrected chi connectivity index (χ1v) is 11.0. The van der Waals surface area contributed by atoms with Crippen molar-refractivity contribution in [2.24, 2.45) is 0 Å². The Bertz CT molecular complexity index is 1240. The molecule has 1 N–H and O–H groups in total. The number of rotatable bonds is 7. The summed E-state index contributed by atoms with van der Waals surface area (Å²) in [6.07, 6.45) is 4.24. The summed E-state index contributed by atoms with van der Waals surface area (Å²) in [5.41, 5.74) is 5.20. The molecule has 4 aromatic rings. The third kappa shape index (κ3) is 4.28. The van der Waals surface area contributed by atoms with E-state index in [2.05, 4.69) is 10.5 Å². The molecule has 0 amide bonds. The molecule has 0 saturated heterocycles. The number of carbonyl (C=O) groups is 1. The lowest BCUT2D eigenvalue weighted by Crippen LogP contribution is -2.25. The van der Waals surface area contributed by atoms with Crippen molar-refractivity contribution in [3.8, 4) is 16.2 Å². The van der Waals surface area contributed by atoms with Crippen LogP contribution in [0.25, 0.3) is 10.4 Å². The van der Waals surface area contributed by atoms with Gasteiger partial charge in [-0.1, -0.05) is 41.7 Å². The van der Waals surface area contributed by atoms with Crippen LogP contribution >= 0.6 is 11.3 Å². The molecule has 1 aliphatic rings. The summed E-state index contributed by atoms with van der Waals surface area (Å²) >= 11 is 1.35. The number of hydrogen-bond donors (Lipinski definition) is 1. The molecular formula is C24H20FN3O3S. The van der Waals surface area contributed by atoms with E-state index < -0.39 is 5.82 Å². The van der Waals surface area contributed by atoms with Gasteiger partial charge in [0, 0.05) is 25.2 Å². The molecule has 0 radical (unpaired) electrons. The van der Waals surface area contributed by atoms with Crippen molar-refractivity contribution in [1.29, 1.82) is 0 Å². The zero-order chi connectivity index (χ0) is 21.9. The van der Waals surface area contributed by atoms with Gasteiger partial charge in [0.05, 0.1) is 10.6 Å². The largest absolute Gasteiger partial charge is 0.486 e. The number of benzene rings is 2. The van der Waals surface area contributed by atoms with Crippen LogP contribution < -0.4 is 10.2 Å². The van der Waals surface area contributed by atoms with Gasteiger partial charge >= 0.3 is 0 Å². The van der Waals surface area contributed by atoms with Crippen molar-refractivity contribution < 1.29 is 18.8 Å². The standard InChI is InChI=1S/C24H20FN3O3S/c25-18-13-17(8-10-21(18)30-15-16-5-2-1-3-6-16)22-14-26-24(32-22)27-31-23-11-9-20(29)19-7-4-12-28(19)23/h1-8,10,12-14,23H,9,11,15H2,(H,26,27). The van der Waals surface area contributed by atoms with E-state index in [1.807, 2.05) is 47.2 Å². The Morgan fingerprint density at radius 3 is 2.88 bits per heavy atom. The fourth-order valence-corrected chi connectivity index (χ4v) is 4.35. The van der Waals surface area contributed by atoms with E-state index in [4.69, 9.17) is 9.57 Å². The predicted molar refractivity (Wildman–Crippen MR) is 120 cm³/mol. The molecule has 0 fully saturated rings. The van der Waals surface area contributed by atoms with Crippen LogP contribution in [-0.2, 0) is 11.4 Å². The highest BCUT2D eigenvalue weighted by Gasteiger charge is 2.25. The van der Waals surface area contributed by atoms with Gasteiger partial charge in [-0.15, -0.1) is 0 Å². The Morgan fingerprint density at radius 2 is 2.03 bits per heavy atom. The molecule has 2 aromatic heterocycles. The van der Waals surface area contributed by atoms with Gasteiger partial charge in [0.2, 0.25) is 5.13 Å². The first-order valence-electron chi connectivity index (χ1n) is 10.2. The quantitative estimate of drug-likeness (QED) is 0.359. The number of halogens is 1. The lowest BCUT2D eigenvalue weighted by Gasteiger charge is -2.24. The molecule has 0 spiro atoms. The zero-order valence-corrected chi connectivity index (χ0v) is 17.8. The van der Waals surface area contributed by atoms with Crippen LogP contribution in [-0.4, -0.2) is 15.3 Å². The molecule has 1 unspecified atom stereocenters. The molecule has 3 heterocycles. The number of nitrogens with one attached hydrogen (secondary N) is 1. The molecule has 0 aliphatic carbocycles. The molecular weight excluding hydrogens is 429 g/mol. The minimum atomic E-state index is -0.426. The molecule has 2 aromatic carbocycles. The summed E-state index contributed by atoms with van der Waals surface area (Å²) in [6.45, 7) is 0.305. The number of Topliss-reactive ketones (excluding diaryl/α,β-unsaturated/α-hetero) is 1. The van der Waals surface area contributed by atoms with Gasteiger partial charge < -0.3 is 9.30 Å². The van der Waals surface area contributed by atoms with E-state index in [1.165, 1.54) is 17.4 Å². The van der Waals surface area contributed by atoms with Gasteiger partial charge in [0.1, 0.15) is 6.61 Å². The van der Waals surface area contributed by atoms with Crippen LogP contribution in [0.5, 0.6) is 5.75 Å². The third-order valence-electron chi connectivity index (χ3n) is 5.23. The highest BCUT2D eigenvalue weighted by molar-refractivity contribution is 7.18. The van der Waals surface area contributed by atoms with Crippen molar-refractivity contribution in [2.75, 3.05) is 5.48 Å². The number of thiazole rings is 1. The fraction of sp³-hybridized carbons (Fsp3) is 0.167. The Morgan fingerprint density at radius 1 is 1.16 bits per heavy atom. The van der Waals surface area contributed by atoms with Gasteiger partial charge in [-0.05, 0) is 41.5 Å². The van der Waals surface area contributed by atoms with Crippen molar-refractivity contribution in [1.82, 2.24) is 9.55 Å². The predicted octanol–water partition coefficient (Wildman–Crippen LogP) is 5.85. The van der Waals surface area contributed by atoms with Crippen molar-refractivity contribution in [2.45, 2.75) is 25.7 Å². The third-order valence-corrected chi connectivity index (χ3v) is 6.18. The normalized spacial score (nSPS) is 15.4. The maximum absolute atomic E-state index is 14.6. The van der Waals surface area contributed by atoms with Crippen LogP contribution in [0.15, 0.2) is 73.1 Å². The zero-order valence-electron chi connectivity index (χ0n) is 17.0. The Balaban J connectivity index is 1.22. The average molecular weight is 450 g/mol. The highest BCUT2D eigenvalue weighted by atomic mass is 32.1. The summed E-state index contributed by atoms with van der Waals surface area (Å²) in [5.74, 6) is -0.104. The van der Waals surface area contributed by atoms with E-state index >= 15 is 0 Å². The van der Waals surface area contributed by atoms with Crippen LogP contribution in [0.1, 0.15) is 35.1 Å². The molecule has 8 heteroatoms. The second-order valence-corrected chi connectivity index (χ2v) is 8.42. The van der Waals surface area contributed by atoms with E-state index in [1.54, 1.807) is 24.4 Å². The summed E-state index contributed by atoms with van der Waals surface area (Å²) in [4.78, 5) is 22.8. The van der Waals surface area contributed by atoms with Crippen LogP contribution in [0.4, 0.5) is 9.52 Å². The van der Waals surface area contributed by atoms with Gasteiger partial charge in [0.25, 0.3) is 0 Å². The van der Waals surface area contributed by atoms with Crippen LogP contribution in [0, 0.1) is 5.82 Å². The van der Waals surface area contributed by atoms with Crippen LogP contribution in [0.2, 0.25) is 0 Å². The second kappa shape index (κ2) is 8.94. The topological polar surface area (TPSA) is 65.4 Å². The number of nitrogens with zero attached hydrogens (tertiary/aromatic N) is 2. The Hall–Kier alpha value is -3.49. The monoisotopic (exact) mass is 449 g/mol. The lowest BCUT2D eigenvalue weighted by molar-refractivity contribution is 0.0234. The van der Waals surface area contributed by atoms with Crippen molar-refractivity contribution in [3.63, 3.8) is 0 Å². The summed E-state index contributed by atoms with van der Waals surface area (Å²) in [5, 5.41) is 0.551. The van der Waals surface area contributed by atoms with Gasteiger partial charge in [0.15, 0.2) is 23.6 Å². The van der Waals surface area contributed by atoms with E-state index in [0.717, 1.165) is 10.4 Å². The van der Waals surface area contributed by atoms with Gasteiger partial charge in [-0.2, -0.15) is 0 Å². The lowest BCUT2D eigenvalue weighted by atomic mass is 10.1. The maximum Gasteiger partial charge on any atom is 0.207 e. The number of aromatic nitrogens is 2. The number of ether oxygens (including phenoxy) is 1. The highest BCUT2D eigenvalue weighted by Crippen LogP contribution is 2.33. The molecule has 1 aliphatic heterocycles. The van der Waals surface area contributed by atoms with E-state index in [-0.39, 0.29) is 17.8 Å². The Kier molecular flexibility index (Phi) is 5.70. The first kappa shape index (κ1) is 20.4. The SMILES string of the molecule is O=C1CCC(ONc2ncc(-c3ccc(OCc4ccccc4)c(F)c3)s2)n2cccc21. The molecule has 32 heavy (non-hydrogen) atoms. The molecule has 1 atom stereocenters. The van der Waals surface area contributed by atoms with Crippen molar-refractivity contribution in [3.05, 3.63) is 90.1 Å². The van der Waals surface area contributed by atoms with E-state index in [9.17, 15) is 9.18 Å². The molecule has 0 bridgehead atoms. The van der Waals surface area contributed by atoms with Gasteiger partial charge in [-0.3, -0.25) is 4.79 Å². The van der Waals surface area contributed by atoms with E-state index in [0.29, 0.717) is 35.8 Å². The first-order chi connectivity index (χ1) is 15.7. The fourth-order valence-electron chi connectivity index (χ4n) is 3.60. The maximum atomic E-state index is 14.6. The Labute approximate surface area is 188 Å². The number of fused-ring (bicyclic) bond motifs is 1. The number of ketones is 1. The van der Waals surface area contributed by atoms with Crippen LogP contribution in [0.3, 0.4) is 0 Å². The number of anilines is 1. The minimum Gasteiger partial charge on any atom is -0.486 e. The summed E-state index contributed by atoms with van der Waals surface area (Å²) in [7, 11) is 0. The minimum absolute atomic E-state index is 0.115. The van der Waals surface area contributed by atoms with Crippen molar-refractivity contribution >= 4 is 22.3 Å². The molecule has 5 rings (SSSR count). The number of hydrogen-bond acceptors (Lipinski definition) is 6. The summed E-state index contributed by atoms with van der Waals surface area (Å²) < 4.78 is 22.0. The average Bonchev–Trinajstić information content (AvgIpc) is 3.49. The van der Waals surface area contributed by atoms with Gasteiger partial charge in [-0.25, -0.2) is 19.7 Å². The smallest absolute Gasteiger partial charge is 0.207 e. The molecule has 0 saturated carbocycles. The molecule has 6 nitrogen and oxygen atoms in total.